The monoisotopic (exact) mass is 244 g/mol. The molecule has 0 spiro atoms. The number of nitrogens with one attached hydrogen (secondary N) is 1. The molecule has 0 atom stereocenters. The van der Waals surface area contributed by atoms with Crippen molar-refractivity contribution in [2.75, 3.05) is 19.7 Å². The number of carbonyl (C=O) groups excluding carboxylic acids is 1. The second kappa shape index (κ2) is 6.44. The van der Waals surface area contributed by atoms with Crippen LogP contribution in [-0.2, 0) is 9.53 Å². The van der Waals surface area contributed by atoms with Gasteiger partial charge >= 0.3 is 12.0 Å². The molecule has 1 heterocycles. The third-order valence-electron chi connectivity index (χ3n) is 2.58. The number of hydrogen-bond acceptors (Lipinski definition) is 3. The number of amides is 2. The summed E-state index contributed by atoms with van der Waals surface area (Å²) < 4.78 is 5.20. The Hall–Kier alpha value is -1.30. The highest BCUT2D eigenvalue weighted by atomic mass is 16.5. The van der Waals surface area contributed by atoms with E-state index in [1.807, 2.05) is 13.8 Å². The fraction of sp³-hybridized carbons (Fsp3) is 0.818. The van der Waals surface area contributed by atoms with Crippen molar-refractivity contribution >= 4 is 12.0 Å². The van der Waals surface area contributed by atoms with E-state index in [1.165, 1.54) is 0 Å². The maximum Gasteiger partial charge on any atom is 0.329 e. The van der Waals surface area contributed by atoms with Gasteiger partial charge in [0, 0.05) is 19.1 Å². The van der Waals surface area contributed by atoms with E-state index in [1.54, 1.807) is 4.90 Å². The van der Waals surface area contributed by atoms with Crippen molar-refractivity contribution in [1.82, 2.24) is 10.2 Å². The van der Waals surface area contributed by atoms with Crippen LogP contribution in [0, 0.1) is 0 Å². The van der Waals surface area contributed by atoms with Crippen LogP contribution in [0.4, 0.5) is 4.79 Å². The van der Waals surface area contributed by atoms with Crippen LogP contribution in [0.1, 0.15) is 26.7 Å². The summed E-state index contributed by atoms with van der Waals surface area (Å²) in [5, 5.41) is 11.3. The standard InChI is InChI=1S/C11H20N2O4/c1-8(2)12-11(16)13-5-3-9(4-6-13)17-7-10(14)15/h8-9H,3-7H2,1-2H3,(H,12,16)(H,14,15). The number of piperidine rings is 1. The van der Waals surface area contributed by atoms with E-state index in [9.17, 15) is 9.59 Å². The lowest BCUT2D eigenvalue weighted by atomic mass is 10.1. The molecule has 0 bridgehead atoms. The normalized spacial score (nSPS) is 17.2. The molecule has 0 unspecified atom stereocenters. The summed E-state index contributed by atoms with van der Waals surface area (Å²) in [6.07, 6.45) is 1.34. The molecule has 0 aromatic rings. The number of carboxylic acid groups (broad SMARTS) is 1. The van der Waals surface area contributed by atoms with Gasteiger partial charge in [-0.3, -0.25) is 0 Å². The molecule has 0 radical (unpaired) electrons. The van der Waals surface area contributed by atoms with E-state index >= 15 is 0 Å². The van der Waals surface area contributed by atoms with E-state index in [0.29, 0.717) is 25.9 Å². The van der Waals surface area contributed by atoms with Crippen LogP contribution in [-0.4, -0.2) is 53.8 Å². The van der Waals surface area contributed by atoms with Crippen molar-refractivity contribution in [3.63, 3.8) is 0 Å². The predicted octanol–water partition coefficient (Wildman–Crippen LogP) is 0.670. The van der Waals surface area contributed by atoms with Crippen molar-refractivity contribution < 1.29 is 19.4 Å². The molecule has 0 aromatic carbocycles. The van der Waals surface area contributed by atoms with E-state index in [0.717, 1.165) is 0 Å². The van der Waals surface area contributed by atoms with Crippen molar-refractivity contribution in [2.24, 2.45) is 0 Å². The Morgan fingerprint density at radius 3 is 2.47 bits per heavy atom. The first-order valence-electron chi connectivity index (χ1n) is 5.88. The molecule has 0 saturated carbocycles. The Bertz CT molecular complexity index is 273. The van der Waals surface area contributed by atoms with Gasteiger partial charge in [-0.15, -0.1) is 0 Å². The number of urea groups is 1. The predicted molar refractivity (Wildman–Crippen MR) is 61.9 cm³/mol. The summed E-state index contributed by atoms with van der Waals surface area (Å²) in [5.74, 6) is -0.954. The Balaban J connectivity index is 2.25. The average Bonchev–Trinajstić information content (AvgIpc) is 2.26. The summed E-state index contributed by atoms with van der Waals surface area (Å²) in [7, 11) is 0. The Morgan fingerprint density at radius 2 is 2.00 bits per heavy atom. The zero-order chi connectivity index (χ0) is 12.8. The van der Waals surface area contributed by atoms with Gasteiger partial charge in [0.15, 0.2) is 0 Å². The quantitative estimate of drug-likeness (QED) is 0.762. The summed E-state index contributed by atoms with van der Waals surface area (Å²) in [6, 6.07) is 0.0696. The molecule has 17 heavy (non-hydrogen) atoms. The first-order chi connectivity index (χ1) is 7.99. The Kier molecular flexibility index (Phi) is 5.21. The smallest absolute Gasteiger partial charge is 0.329 e. The lowest BCUT2D eigenvalue weighted by molar-refractivity contribution is -0.145. The summed E-state index contributed by atoms with van der Waals surface area (Å²) in [6.45, 7) is 4.80. The lowest BCUT2D eigenvalue weighted by Gasteiger charge is -2.32. The maximum absolute atomic E-state index is 11.7. The minimum absolute atomic E-state index is 0.0470. The van der Waals surface area contributed by atoms with Crippen LogP contribution in [0.2, 0.25) is 0 Å². The molecule has 98 valence electrons. The van der Waals surface area contributed by atoms with Gasteiger partial charge in [0.2, 0.25) is 0 Å². The number of aliphatic carboxylic acids is 1. The highest BCUT2D eigenvalue weighted by Gasteiger charge is 2.23. The van der Waals surface area contributed by atoms with E-state index in [4.69, 9.17) is 9.84 Å². The van der Waals surface area contributed by atoms with Crippen LogP contribution in [0.5, 0.6) is 0 Å². The summed E-state index contributed by atoms with van der Waals surface area (Å²) in [4.78, 5) is 23.7. The minimum atomic E-state index is -0.954. The van der Waals surface area contributed by atoms with E-state index < -0.39 is 5.97 Å². The molecule has 1 fully saturated rings. The van der Waals surface area contributed by atoms with Crippen molar-refractivity contribution in [1.29, 1.82) is 0 Å². The third kappa shape index (κ3) is 5.04. The number of likely N-dealkylation sites (tertiary alicyclic amines) is 1. The van der Waals surface area contributed by atoms with Crippen molar-refractivity contribution in [2.45, 2.75) is 38.8 Å². The fourth-order valence-corrected chi connectivity index (χ4v) is 1.75. The molecule has 1 aliphatic heterocycles. The molecule has 2 N–H and O–H groups in total. The van der Waals surface area contributed by atoms with E-state index in [-0.39, 0.29) is 24.8 Å². The van der Waals surface area contributed by atoms with Crippen LogP contribution >= 0.6 is 0 Å². The number of carboxylic acids is 1. The molecule has 2 amide bonds. The molecule has 1 rings (SSSR count). The highest BCUT2D eigenvalue weighted by Crippen LogP contribution is 2.13. The number of rotatable bonds is 4. The number of nitrogens with zero attached hydrogens (tertiary/aromatic N) is 1. The third-order valence-corrected chi connectivity index (χ3v) is 2.58. The van der Waals surface area contributed by atoms with Crippen LogP contribution in [0.25, 0.3) is 0 Å². The number of carbonyl (C=O) groups is 2. The van der Waals surface area contributed by atoms with Gasteiger partial charge in [-0.05, 0) is 26.7 Å². The second-order valence-corrected chi connectivity index (χ2v) is 4.50. The zero-order valence-electron chi connectivity index (χ0n) is 10.3. The Labute approximate surface area is 101 Å². The SMILES string of the molecule is CC(C)NC(=O)N1CCC(OCC(=O)O)CC1. The number of hydrogen-bond donors (Lipinski definition) is 2. The van der Waals surface area contributed by atoms with Crippen molar-refractivity contribution in [3.8, 4) is 0 Å². The van der Waals surface area contributed by atoms with Crippen LogP contribution in [0.15, 0.2) is 0 Å². The lowest BCUT2D eigenvalue weighted by Crippen LogP contribution is -2.47. The molecule has 6 heteroatoms. The fourth-order valence-electron chi connectivity index (χ4n) is 1.75. The molecule has 1 saturated heterocycles. The minimum Gasteiger partial charge on any atom is -0.480 e. The highest BCUT2D eigenvalue weighted by molar-refractivity contribution is 5.74. The van der Waals surface area contributed by atoms with Gasteiger partial charge in [0.25, 0.3) is 0 Å². The van der Waals surface area contributed by atoms with Crippen molar-refractivity contribution in [3.05, 3.63) is 0 Å². The van der Waals surface area contributed by atoms with E-state index in [2.05, 4.69) is 5.32 Å². The van der Waals surface area contributed by atoms with Crippen LogP contribution < -0.4 is 5.32 Å². The summed E-state index contributed by atoms with van der Waals surface area (Å²) in [5.41, 5.74) is 0. The largest absolute Gasteiger partial charge is 0.480 e. The molecular formula is C11H20N2O4. The van der Waals surface area contributed by atoms with Gasteiger partial charge in [0.05, 0.1) is 6.10 Å². The van der Waals surface area contributed by atoms with Gasteiger partial charge in [-0.1, -0.05) is 0 Å². The molecule has 6 nitrogen and oxygen atoms in total. The molecule has 0 aliphatic carbocycles. The average molecular weight is 244 g/mol. The molecular weight excluding hydrogens is 224 g/mol. The summed E-state index contributed by atoms with van der Waals surface area (Å²) >= 11 is 0. The van der Waals surface area contributed by atoms with Gasteiger partial charge in [-0.2, -0.15) is 0 Å². The Morgan fingerprint density at radius 1 is 1.41 bits per heavy atom. The maximum atomic E-state index is 11.7. The van der Waals surface area contributed by atoms with Crippen LogP contribution in [0.3, 0.4) is 0 Å². The first kappa shape index (κ1) is 13.8. The second-order valence-electron chi connectivity index (χ2n) is 4.50. The number of ether oxygens (including phenoxy) is 1. The first-order valence-corrected chi connectivity index (χ1v) is 5.88. The van der Waals surface area contributed by atoms with Gasteiger partial charge in [-0.25, -0.2) is 9.59 Å². The van der Waals surface area contributed by atoms with Gasteiger partial charge < -0.3 is 20.1 Å². The zero-order valence-corrected chi connectivity index (χ0v) is 10.3. The molecule has 0 aromatic heterocycles. The van der Waals surface area contributed by atoms with Gasteiger partial charge in [0.1, 0.15) is 6.61 Å². The topological polar surface area (TPSA) is 78.9 Å². The molecule has 1 aliphatic rings.